The summed E-state index contributed by atoms with van der Waals surface area (Å²) in [5.74, 6) is 0. The van der Waals surface area contributed by atoms with Gasteiger partial charge in [-0.2, -0.15) is 0 Å². The largest absolute Gasteiger partial charge is 0.385 e. The Kier molecular flexibility index (Phi) is 9.46. The molecule has 5 atom stereocenters. The van der Waals surface area contributed by atoms with Crippen LogP contribution in [0, 0.1) is 0 Å². The number of ether oxygens (including phenoxy) is 3. The Hall–Kier alpha value is -1.97. The minimum Gasteiger partial charge on any atom is -0.385 e. The van der Waals surface area contributed by atoms with Gasteiger partial charge in [0.2, 0.25) is 0 Å². The maximum atomic E-state index is 7.29. The SMILES string of the molecule is CC(C)(C)[Si]1(C(C)(C)C)O[C@H]2[C@@H](O[C@@H](Sc3ccccc3)[C@@H]2OCc2ccccc2)[C@@H](COCc2ccccc2)O1. The number of benzene rings is 3. The Morgan fingerprint density at radius 3 is 1.78 bits per heavy atom. The van der Waals surface area contributed by atoms with Crippen molar-refractivity contribution in [2.24, 2.45) is 0 Å². The molecular weight excluding hydrogens is 549 g/mol. The van der Waals surface area contributed by atoms with Crippen molar-refractivity contribution in [3.8, 4) is 0 Å². The van der Waals surface area contributed by atoms with Gasteiger partial charge in [0, 0.05) is 15.0 Å². The van der Waals surface area contributed by atoms with E-state index in [1.165, 1.54) is 0 Å². The maximum absolute atomic E-state index is 7.29. The minimum atomic E-state index is -2.89. The lowest BCUT2D eigenvalue weighted by atomic mass is 10.1. The second-order valence-corrected chi connectivity index (χ2v) is 18.9. The summed E-state index contributed by atoms with van der Waals surface area (Å²) in [7, 11) is -2.89. The van der Waals surface area contributed by atoms with Crippen molar-refractivity contribution in [1.29, 1.82) is 0 Å². The van der Waals surface area contributed by atoms with Crippen LogP contribution in [0.25, 0.3) is 0 Å². The van der Waals surface area contributed by atoms with Crippen LogP contribution >= 0.6 is 11.8 Å². The van der Waals surface area contributed by atoms with Gasteiger partial charge < -0.3 is 23.1 Å². The highest BCUT2D eigenvalue weighted by atomic mass is 32.2. The van der Waals surface area contributed by atoms with Gasteiger partial charge in [-0.1, -0.05) is 132 Å². The van der Waals surface area contributed by atoms with E-state index in [9.17, 15) is 0 Å². The van der Waals surface area contributed by atoms with Crippen LogP contribution in [-0.4, -0.2) is 45.0 Å². The van der Waals surface area contributed by atoms with Crippen molar-refractivity contribution in [1.82, 2.24) is 0 Å². The summed E-state index contributed by atoms with van der Waals surface area (Å²) in [6.07, 6.45) is -1.13. The van der Waals surface area contributed by atoms with Gasteiger partial charge in [0.05, 0.1) is 25.9 Å². The summed E-state index contributed by atoms with van der Waals surface area (Å²) >= 11 is 1.69. The molecule has 0 unspecified atom stereocenters. The molecule has 0 aromatic heterocycles. The van der Waals surface area contributed by atoms with Crippen LogP contribution < -0.4 is 0 Å². The lowest BCUT2D eigenvalue weighted by Gasteiger charge is -2.56. The van der Waals surface area contributed by atoms with Crippen molar-refractivity contribution in [3.05, 3.63) is 102 Å². The molecule has 5 rings (SSSR count). The zero-order valence-electron chi connectivity index (χ0n) is 25.1. The molecule has 0 N–H and O–H groups in total. The highest BCUT2D eigenvalue weighted by Gasteiger charge is 2.67. The second-order valence-electron chi connectivity index (χ2n) is 13.0. The van der Waals surface area contributed by atoms with Crippen LogP contribution in [0.3, 0.4) is 0 Å². The summed E-state index contributed by atoms with van der Waals surface area (Å²) in [5.41, 5.74) is 2.02. The second kappa shape index (κ2) is 12.7. The first kappa shape index (κ1) is 30.5. The van der Waals surface area contributed by atoms with E-state index in [2.05, 4.69) is 90.1 Å². The van der Waals surface area contributed by atoms with E-state index >= 15 is 0 Å². The molecule has 3 aromatic carbocycles. The van der Waals surface area contributed by atoms with E-state index in [0.717, 1.165) is 16.0 Å². The molecule has 3 aromatic rings. The lowest BCUT2D eigenvalue weighted by molar-refractivity contribution is -0.136. The third-order valence-electron chi connectivity index (χ3n) is 7.84. The van der Waals surface area contributed by atoms with Crippen molar-refractivity contribution >= 4 is 20.3 Å². The van der Waals surface area contributed by atoms with E-state index in [1.807, 2.05) is 42.5 Å². The third kappa shape index (κ3) is 6.83. The van der Waals surface area contributed by atoms with E-state index in [-0.39, 0.29) is 39.9 Å². The molecule has 220 valence electrons. The van der Waals surface area contributed by atoms with Crippen LogP contribution in [0.4, 0.5) is 0 Å². The zero-order chi connectivity index (χ0) is 29.1. The van der Waals surface area contributed by atoms with Crippen molar-refractivity contribution < 1.29 is 23.1 Å². The normalized spacial score (nSPS) is 26.0. The molecular formula is C34H44O5SSi. The first-order chi connectivity index (χ1) is 19.6. The van der Waals surface area contributed by atoms with Crippen molar-refractivity contribution in [2.45, 2.75) is 99.6 Å². The van der Waals surface area contributed by atoms with Crippen LogP contribution in [0.15, 0.2) is 95.9 Å². The summed E-state index contributed by atoms with van der Waals surface area (Å²) in [4.78, 5) is 1.14. The van der Waals surface area contributed by atoms with Crippen LogP contribution in [-0.2, 0) is 36.3 Å². The van der Waals surface area contributed by atoms with E-state index in [1.54, 1.807) is 11.8 Å². The zero-order valence-corrected chi connectivity index (χ0v) is 26.9. The molecule has 0 amide bonds. The van der Waals surface area contributed by atoms with Gasteiger partial charge in [-0.3, -0.25) is 0 Å². The Balaban J connectivity index is 1.47. The first-order valence-electron chi connectivity index (χ1n) is 14.6. The van der Waals surface area contributed by atoms with E-state index < -0.39 is 8.56 Å². The first-order valence-corrected chi connectivity index (χ1v) is 17.3. The Morgan fingerprint density at radius 2 is 1.22 bits per heavy atom. The van der Waals surface area contributed by atoms with Gasteiger partial charge in [0.25, 0.3) is 0 Å². The fourth-order valence-corrected chi connectivity index (χ4v) is 12.2. The van der Waals surface area contributed by atoms with Gasteiger partial charge in [-0.15, -0.1) is 0 Å². The fraction of sp³-hybridized carbons (Fsp3) is 0.471. The minimum absolute atomic E-state index is 0.192. The van der Waals surface area contributed by atoms with Crippen LogP contribution in [0.2, 0.25) is 10.1 Å². The van der Waals surface area contributed by atoms with E-state index in [0.29, 0.717) is 19.8 Å². The third-order valence-corrected chi connectivity index (χ3v) is 14.2. The number of fused-ring (bicyclic) bond motifs is 1. The molecule has 0 spiro atoms. The number of hydrogen-bond donors (Lipinski definition) is 0. The molecule has 0 bridgehead atoms. The molecule has 0 aliphatic carbocycles. The number of hydrogen-bond acceptors (Lipinski definition) is 6. The van der Waals surface area contributed by atoms with Gasteiger partial charge in [0.15, 0.2) is 0 Å². The monoisotopic (exact) mass is 592 g/mol. The summed E-state index contributed by atoms with van der Waals surface area (Å²) < 4.78 is 34.3. The smallest absolute Gasteiger partial charge is 0.350 e. The molecule has 2 aliphatic rings. The highest BCUT2D eigenvalue weighted by molar-refractivity contribution is 7.99. The Morgan fingerprint density at radius 1 is 0.683 bits per heavy atom. The molecule has 0 radical (unpaired) electrons. The molecule has 7 heteroatoms. The molecule has 2 heterocycles. The average molecular weight is 593 g/mol. The highest BCUT2D eigenvalue weighted by Crippen LogP contribution is 2.57. The standard InChI is InChI=1S/C34H44O5SSi/c1-33(2,3)41(34(4,5)6)38-28(24-35-22-25-16-10-7-11-17-25)29-30(39-41)31(36-23-26-18-12-8-13-19-26)32(37-29)40-27-20-14-9-15-21-27/h7-21,28-32H,22-24H2,1-6H3/t28-,29+,30+,31-,32+/m1/s1. The summed E-state index contributed by atoms with van der Waals surface area (Å²) in [6, 6.07) is 31.0. The van der Waals surface area contributed by atoms with Crippen LogP contribution in [0.5, 0.6) is 0 Å². The fourth-order valence-electron chi connectivity index (χ4n) is 6.08. The van der Waals surface area contributed by atoms with Crippen LogP contribution in [0.1, 0.15) is 52.7 Å². The van der Waals surface area contributed by atoms with Crippen molar-refractivity contribution in [3.63, 3.8) is 0 Å². The molecule has 2 fully saturated rings. The van der Waals surface area contributed by atoms with Gasteiger partial charge >= 0.3 is 8.56 Å². The number of thioether (sulfide) groups is 1. The summed E-state index contributed by atoms with van der Waals surface area (Å²) in [6.45, 7) is 14.9. The lowest BCUT2D eigenvalue weighted by Crippen LogP contribution is -2.68. The topological polar surface area (TPSA) is 46.2 Å². The number of rotatable bonds is 9. The molecule has 2 aliphatic heterocycles. The van der Waals surface area contributed by atoms with Gasteiger partial charge in [-0.25, -0.2) is 0 Å². The van der Waals surface area contributed by atoms with E-state index in [4.69, 9.17) is 23.1 Å². The Bertz CT molecular complexity index is 1210. The maximum Gasteiger partial charge on any atom is 0.350 e. The molecule has 2 saturated heterocycles. The Labute approximate surface area is 251 Å². The predicted octanol–water partition coefficient (Wildman–Crippen LogP) is 8.13. The molecule has 41 heavy (non-hydrogen) atoms. The molecule has 5 nitrogen and oxygen atoms in total. The quantitative estimate of drug-likeness (QED) is 0.234. The van der Waals surface area contributed by atoms with Gasteiger partial charge in [0.1, 0.15) is 23.7 Å². The summed E-state index contributed by atoms with van der Waals surface area (Å²) in [5, 5.41) is -0.384. The molecule has 0 saturated carbocycles. The average Bonchev–Trinajstić information content (AvgIpc) is 3.29. The predicted molar refractivity (Wildman–Crippen MR) is 167 cm³/mol. The van der Waals surface area contributed by atoms with Crippen molar-refractivity contribution in [2.75, 3.05) is 6.61 Å². The van der Waals surface area contributed by atoms with Gasteiger partial charge in [-0.05, 0) is 23.3 Å².